The third kappa shape index (κ3) is 4.25. The quantitative estimate of drug-likeness (QED) is 0.586. The fourth-order valence-electron chi connectivity index (χ4n) is 2.94. The van der Waals surface area contributed by atoms with Crippen molar-refractivity contribution in [3.05, 3.63) is 64.7 Å². The Morgan fingerprint density at radius 1 is 1.00 bits per heavy atom. The van der Waals surface area contributed by atoms with Gasteiger partial charge in [0.25, 0.3) is 0 Å². The molecule has 0 saturated carbocycles. The Morgan fingerprint density at radius 2 is 1.67 bits per heavy atom. The molecule has 0 amide bonds. The predicted molar refractivity (Wildman–Crippen MR) is 107 cm³/mol. The molecule has 0 spiro atoms. The molecule has 0 aromatic heterocycles. The highest BCUT2D eigenvalue weighted by Gasteiger charge is 2.21. The summed E-state index contributed by atoms with van der Waals surface area (Å²) in [5.74, 6) is -0.711. The summed E-state index contributed by atoms with van der Waals surface area (Å²) in [5, 5.41) is 6.35. The highest BCUT2D eigenvalue weighted by atomic mass is 16.5. The van der Waals surface area contributed by atoms with Crippen LogP contribution in [0.1, 0.15) is 52.1 Å². The average Bonchev–Trinajstić information content (AvgIpc) is 3.09. The minimum Gasteiger partial charge on any atom is -0.451 e. The van der Waals surface area contributed by atoms with Crippen LogP contribution < -0.4 is 5.01 Å². The van der Waals surface area contributed by atoms with Crippen LogP contribution in [0.2, 0.25) is 0 Å². The van der Waals surface area contributed by atoms with Gasteiger partial charge in [0.2, 0.25) is 5.78 Å². The van der Waals surface area contributed by atoms with E-state index in [-0.39, 0.29) is 5.78 Å². The van der Waals surface area contributed by atoms with Gasteiger partial charge < -0.3 is 4.74 Å². The first kappa shape index (κ1) is 18.8. The molecule has 1 aliphatic heterocycles. The van der Waals surface area contributed by atoms with E-state index in [2.05, 4.69) is 5.10 Å². The van der Waals surface area contributed by atoms with Gasteiger partial charge in [0.05, 0.1) is 11.3 Å². The van der Waals surface area contributed by atoms with Gasteiger partial charge in [0.1, 0.15) is 0 Å². The smallest absolute Gasteiger partial charge is 0.338 e. The van der Waals surface area contributed by atoms with Crippen LogP contribution in [0, 0.1) is 13.8 Å². The van der Waals surface area contributed by atoms with E-state index in [1.807, 2.05) is 50.0 Å². The fourth-order valence-corrected chi connectivity index (χ4v) is 2.94. The number of aryl methyl sites for hydroxylation is 2. The number of hydrogen-bond acceptors (Lipinski definition) is 5. The summed E-state index contributed by atoms with van der Waals surface area (Å²) in [4.78, 5) is 24.9. The van der Waals surface area contributed by atoms with Crippen molar-refractivity contribution in [3.8, 4) is 0 Å². The van der Waals surface area contributed by atoms with Crippen molar-refractivity contribution in [3.63, 3.8) is 0 Å². The third-order valence-corrected chi connectivity index (χ3v) is 4.82. The lowest BCUT2D eigenvalue weighted by molar-refractivity contribution is 0.0319. The van der Waals surface area contributed by atoms with Gasteiger partial charge in [0, 0.05) is 24.2 Å². The second-order valence-electron chi connectivity index (χ2n) is 6.97. The summed E-state index contributed by atoms with van der Waals surface area (Å²) in [6.45, 7) is 8.39. The summed E-state index contributed by atoms with van der Waals surface area (Å²) >= 11 is 0. The van der Waals surface area contributed by atoms with E-state index in [0.29, 0.717) is 11.1 Å². The number of rotatable bonds is 5. The number of ketones is 1. The maximum atomic E-state index is 12.5. The number of ether oxygens (including phenoxy) is 1. The number of carbonyl (C=O) groups excluding carboxylic acids is 2. The molecule has 0 saturated heterocycles. The lowest BCUT2D eigenvalue weighted by Gasteiger charge is -2.15. The predicted octanol–water partition coefficient (Wildman–Crippen LogP) is 4.32. The molecular weight excluding hydrogens is 340 g/mol. The summed E-state index contributed by atoms with van der Waals surface area (Å²) in [6.07, 6.45) is 0.104. The Kier molecular flexibility index (Phi) is 5.40. The van der Waals surface area contributed by atoms with Crippen molar-refractivity contribution in [2.45, 2.75) is 40.2 Å². The number of esters is 1. The van der Waals surface area contributed by atoms with Gasteiger partial charge in [-0.1, -0.05) is 12.1 Å². The number of hydrogen-bond donors (Lipinski definition) is 0. The summed E-state index contributed by atoms with van der Waals surface area (Å²) in [6, 6.07) is 12.6. The van der Waals surface area contributed by atoms with Gasteiger partial charge in [-0.15, -0.1) is 0 Å². The van der Waals surface area contributed by atoms with E-state index < -0.39 is 12.1 Å². The number of benzene rings is 2. The fraction of sp³-hybridized carbons (Fsp3) is 0.318. The van der Waals surface area contributed by atoms with Crippen LogP contribution in [0.15, 0.2) is 47.6 Å². The molecule has 1 atom stereocenters. The van der Waals surface area contributed by atoms with Gasteiger partial charge in [-0.2, -0.15) is 5.10 Å². The highest BCUT2D eigenvalue weighted by Crippen LogP contribution is 2.21. The van der Waals surface area contributed by atoms with Crippen LogP contribution in [-0.2, 0) is 4.74 Å². The lowest BCUT2D eigenvalue weighted by atomic mass is 10.0. The first-order valence-corrected chi connectivity index (χ1v) is 9.09. The minimum absolute atomic E-state index is 0.204. The molecule has 2 aromatic rings. The zero-order chi connectivity index (χ0) is 19.6. The van der Waals surface area contributed by atoms with Crippen LogP contribution in [0.5, 0.6) is 0 Å². The van der Waals surface area contributed by atoms with Crippen molar-refractivity contribution in [1.82, 2.24) is 0 Å². The Labute approximate surface area is 159 Å². The SMILES string of the molecule is CC1=NN(c2ccc(C(=O)OC(C)C(=O)c3ccc(C)c(C)c3)cc2)CC1. The van der Waals surface area contributed by atoms with Gasteiger partial charge in [0.15, 0.2) is 6.10 Å². The van der Waals surface area contributed by atoms with Crippen LogP contribution in [0.25, 0.3) is 0 Å². The zero-order valence-electron chi connectivity index (χ0n) is 16.2. The van der Waals surface area contributed by atoms with E-state index in [0.717, 1.165) is 35.5 Å². The molecule has 5 heteroatoms. The van der Waals surface area contributed by atoms with E-state index in [4.69, 9.17) is 4.74 Å². The Morgan fingerprint density at radius 3 is 2.26 bits per heavy atom. The van der Waals surface area contributed by atoms with Crippen molar-refractivity contribution in [2.24, 2.45) is 5.10 Å². The minimum atomic E-state index is -0.842. The molecule has 1 unspecified atom stereocenters. The molecule has 0 aliphatic carbocycles. The Balaban J connectivity index is 1.65. The number of nitrogens with zero attached hydrogens (tertiary/aromatic N) is 2. The van der Waals surface area contributed by atoms with Gasteiger partial charge >= 0.3 is 5.97 Å². The molecule has 1 aliphatic rings. The lowest BCUT2D eigenvalue weighted by Crippen LogP contribution is -2.24. The molecule has 0 radical (unpaired) electrons. The Hall–Kier alpha value is -2.95. The van der Waals surface area contributed by atoms with E-state index >= 15 is 0 Å². The second kappa shape index (κ2) is 7.74. The molecule has 1 heterocycles. The molecule has 0 N–H and O–H groups in total. The number of Topliss-reactive ketones (excluding diaryl/α,β-unsaturated/α-hetero) is 1. The van der Waals surface area contributed by atoms with E-state index in [1.54, 1.807) is 25.1 Å². The topological polar surface area (TPSA) is 59.0 Å². The maximum Gasteiger partial charge on any atom is 0.338 e. The summed E-state index contributed by atoms with van der Waals surface area (Å²) in [7, 11) is 0. The molecule has 0 bridgehead atoms. The monoisotopic (exact) mass is 364 g/mol. The molecule has 140 valence electrons. The zero-order valence-corrected chi connectivity index (χ0v) is 16.2. The molecule has 27 heavy (non-hydrogen) atoms. The van der Waals surface area contributed by atoms with Crippen molar-refractivity contribution >= 4 is 23.2 Å². The largest absolute Gasteiger partial charge is 0.451 e. The normalized spacial score (nSPS) is 14.7. The maximum absolute atomic E-state index is 12.5. The van der Waals surface area contributed by atoms with E-state index in [9.17, 15) is 9.59 Å². The first-order valence-electron chi connectivity index (χ1n) is 9.09. The molecule has 5 nitrogen and oxygen atoms in total. The van der Waals surface area contributed by atoms with Gasteiger partial charge in [-0.05, 0) is 69.2 Å². The Bertz CT molecular complexity index is 900. The number of anilines is 1. The van der Waals surface area contributed by atoms with Crippen molar-refractivity contribution in [1.29, 1.82) is 0 Å². The summed E-state index contributed by atoms with van der Waals surface area (Å²) < 4.78 is 5.38. The van der Waals surface area contributed by atoms with Crippen LogP contribution in [0.3, 0.4) is 0 Å². The van der Waals surface area contributed by atoms with Gasteiger partial charge in [-0.25, -0.2) is 4.79 Å². The molecule has 3 rings (SSSR count). The second-order valence-corrected chi connectivity index (χ2v) is 6.97. The number of hydrazone groups is 1. The van der Waals surface area contributed by atoms with Crippen molar-refractivity contribution in [2.75, 3.05) is 11.6 Å². The summed E-state index contributed by atoms with van der Waals surface area (Å²) in [5.41, 5.74) is 5.15. The first-order chi connectivity index (χ1) is 12.8. The van der Waals surface area contributed by atoms with Gasteiger partial charge in [-0.3, -0.25) is 9.80 Å². The van der Waals surface area contributed by atoms with Crippen molar-refractivity contribution < 1.29 is 14.3 Å². The molecular formula is C22H24N2O3. The van der Waals surface area contributed by atoms with Crippen LogP contribution >= 0.6 is 0 Å². The van der Waals surface area contributed by atoms with Crippen LogP contribution in [-0.4, -0.2) is 30.1 Å². The molecule has 2 aromatic carbocycles. The average molecular weight is 364 g/mol. The molecule has 0 fully saturated rings. The van der Waals surface area contributed by atoms with E-state index in [1.165, 1.54) is 0 Å². The highest BCUT2D eigenvalue weighted by molar-refractivity contribution is 6.01. The third-order valence-electron chi connectivity index (χ3n) is 4.82. The number of carbonyl (C=O) groups is 2. The standard InChI is InChI=1S/C22H24N2O3/c1-14-5-6-19(13-15(14)2)21(25)17(4)27-22(26)18-7-9-20(10-8-18)24-12-11-16(3)23-24/h5-10,13,17H,11-12H2,1-4H3. The van der Waals surface area contributed by atoms with Crippen LogP contribution in [0.4, 0.5) is 5.69 Å².